The fourth-order valence-corrected chi connectivity index (χ4v) is 0.680. The zero-order valence-electron chi connectivity index (χ0n) is 5.55. The van der Waals surface area contributed by atoms with Crippen molar-refractivity contribution in [3.05, 3.63) is 37.0 Å². The molecule has 0 aliphatic rings. The maximum absolute atomic E-state index is 4.92. The maximum Gasteiger partial charge on any atom is 0.0440 e. The van der Waals surface area contributed by atoms with Gasteiger partial charge in [0, 0.05) is 4.86 Å². The van der Waals surface area contributed by atoms with E-state index in [1.54, 1.807) is 12.2 Å². The third kappa shape index (κ3) is 2.38. The molecule has 0 fully saturated rings. The van der Waals surface area contributed by atoms with Crippen molar-refractivity contribution in [3.63, 3.8) is 0 Å². The molecule has 9 heavy (non-hydrogen) atoms. The average molecular weight is 138 g/mol. The van der Waals surface area contributed by atoms with Crippen LogP contribution in [0.2, 0.25) is 0 Å². The van der Waals surface area contributed by atoms with Crippen LogP contribution in [0.15, 0.2) is 37.0 Å². The number of hydrogen-bond donors (Lipinski definition) is 0. The van der Waals surface area contributed by atoms with Gasteiger partial charge in [-0.3, -0.25) is 0 Å². The summed E-state index contributed by atoms with van der Waals surface area (Å²) in [6.45, 7) is 9.07. The molecule has 0 amide bonds. The molecular weight excluding hydrogens is 128 g/mol. The van der Waals surface area contributed by atoms with Crippen molar-refractivity contribution in [1.82, 2.24) is 0 Å². The third-order valence-electron chi connectivity index (χ3n) is 1.00. The Kier molecular flexibility index (Phi) is 3.89. The fraction of sp³-hybridized carbons (Fsp3) is 0.125. The topological polar surface area (TPSA) is 0 Å². The lowest BCUT2D eigenvalue weighted by molar-refractivity contribution is 1.68. The van der Waals surface area contributed by atoms with Gasteiger partial charge >= 0.3 is 0 Å². The summed E-state index contributed by atoms with van der Waals surface area (Å²) in [6.07, 6.45) is 5.29. The highest BCUT2D eigenvalue weighted by Gasteiger charge is 1.90. The Labute approximate surface area is 61.6 Å². The van der Waals surface area contributed by atoms with Crippen molar-refractivity contribution < 1.29 is 0 Å². The van der Waals surface area contributed by atoms with Crippen LogP contribution in [-0.2, 0) is 0 Å². The molecule has 0 radical (unpaired) electrons. The number of hydrogen-bond acceptors (Lipinski definition) is 1. The van der Waals surface area contributed by atoms with Gasteiger partial charge in [0.05, 0.1) is 0 Å². The molecule has 0 aliphatic carbocycles. The van der Waals surface area contributed by atoms with Gasteiger partial charge in [-0.15, -0.1) is 0 Å². The van der Waals surface area contributed by atoms with Gasteiger partial charge in [-0.25, -0.2) is 0 Å². The minimum absolute atomic E-state index is 0.757. The van der Waals surface area contributed by atoms with E-state index in [0.29, 0.717) is 0 Å². The molecule has 0 saturated carbocycles. The molecular formula is C8H10S. The first-order valence-corrected chi connectivity index (χ1v) is 3.12. The first kappa shape index (κ1) is 8.31. The maximum atomic E-state index is 4.92. The highest BCUT2D eigenvalue weighted by molar-refractivity contribution is 7.81. The van der Waals surface area contributed by atoms with E-state index >= 15 is 0 Å². The molecule has 0 spiro atoms. The summed E-state index contributed by atoms with van der Waals surface area (Å²) >= 11 is 4.92. The van der Waals surface area contributed by atoms with Crippen LogP contribution in [0.1, 0.15) is 6.92 Å². The largest absolute Gasteiger partial charge is 0.0984 e. The van der Waals surface area contributed by atoms with E-state index in [-0.39, 0.29) is 0 Å². The van der Waals surface area contributed by atoms with Crippen molar-refractivity contribution in [3.8, 4) is 0 Å². The minimum atomic E-state index is 0.757. The van der Waals surface area contributed by atoms with Gasteiger partial charge in [0.15, 0.2) is 0 Å². The highest BCUT2D eigenvalue weighted by Crippen LogP contribution is 1.99. The average Bonchev–Trinajstić information content (AvgIpc) is 1.90. The molecule has 0 aromatic rings. The summed E-state index contributed by atoms with van der Waals surface area (Å²) < 4.78 is 0. The normalized spacial score (nSPS) is 10.6. The van der Waals surface area contributed by atoms with E-state index in [9.17, 15) is 0 Å². The van der Waals surface area contributed by atoms with Gasteiger partial charge in [-0.05, 0) is 12.5 Å². The molecule has 0 unspecified atom stereocenters. The number of rotatable bonds is 3. The monoisotopic (exact) mass is 138 g/mol. The van der Waals surface area contributed by atoms with Gasteiger partial charge in [-0.2, -0.15) is 0 Å². The Morgan fingerprint density at radius 2 is 1.89 bits per heavy atom. The van der Waals surface area contributed by atoms with Gasteiger partial charge in [0.1, 0.15) is 0 Å². The number of thiocarbonyl (C=S) groups is 1. The molecule has 0 atom stereocenters. The quantitative estimate of drug-likeness (QED) is 0.328. The van der Waals surface area contributed by atoms with Crippen LogP contribution in [0.3, 0.4) is 0 Å². The van der Waals surface area contributed by atoms with E-state index in [1.165, 1.54) is 0 Å². The van der Waals surface area contributed by atoms with Gasteiger partial charge in [0.25, 0.3) is 0 Å². The lowest BCUT2D eigenvalue weighted by atomic mass is 10.2. The van der Waals surface area contributed by atoms with Crippen molar-refractivity contribution in [1.29, 1.82) is 0 Å². The highest BCUT2D eigenvalue weighted by atomic mass is 32.1. The summed E-state index contributed by atoms with van der Waals surface area (Å²) in [4.78, 5) is 0.757. The first-order valence-electron chi connectivity index (χ1n) is 2.71. The Balaban J connectivity index is 4.31. The van der Waals surface area contributed by atoms with E-state index in [2.05, 4.69) is 13.2 Å². The molecule has 0 aromatic carbocycles. The summed E-state index contributed by atoms with van der Waals surface area (Å²) in [7, 11) is 0. The summed E-state index contributed by atoms with van der Waals surface area (Å²) in [6, 6.07) is 0. The summed E-state index contributed by atoms with van der Waals surface area (Å²) in [5.41, 5.74) is 0.972. The second-order valence-corrected chi connectivity index (χ2v) is 1.96. The Bertz CT molecular complexity index is 163. The zero-order chi connectivity index (χ0) is 7.28. The third-order valence-corrected chi connectivity index (χ3v) is 1.40. The summed E-state index contributed by atoms with van der Waals surface area (Å²) in [5.74, 6) is 0. The van der Waals surface area contributed by atoms with E-state index in [4.69, 9.17) is 12.2 Å². The predicted octanol–water partition coefficient (Wildman–Crippen LogP) is 2.67. The van der Waals surface area contributed by atoms with Crippen LogP contribution >= 0.6 is 12.2 Å². The van der Waals surface area contributed by atoms with E-state index in [0.717, 1.165) is 10.4 Å². The van der Waals surface area contributed by atoms with Gasteiger partial charge in [0.2, 0.25) is 0 Å². The van der Waals surface area contributed by atoms with Crippen molar-refractivity contribution in [2.45, 2.75) is 6.92 Å². The molecule has 0 bridgehead atoms. The number of allylic oxidation sites excluding steroid dienone is 4. The van der Waals surface area contributed by atoms with Crippen molar-refractivity contribution in [2.75, 3.05) is 0 Å². The first-order chi connectivity index (χ1) is 4.26. The van der Waals surface area contributed by atoms with Crippen molar-refractivity contribution >= 4 is 17.1 Å². The molecule has 0 aliphatic heterocycles. The molecule has 0 nitrogen and oxygen atoms in total. The lowest BCUT2D eigenvalue weighted by Crippen LogP contribution is -1.89. The minimum Gasteiger partial charge on any atom is -0.0984 e. The molecule has 0 rings (SSSR count). The second-order valence-electron chi connectivity index (χ2n) is 1.52. The van der Waals surface area contributed by atoms with Crippen LogP contribution in [0.5, 0.6) is 0 Å². The smallest absolute Gasteiger partial charge is 0.0440 e. The van der Waals surface area contributed by atoms with Crippen LogP contribution < -0.4 is 0 Å². The summed E-state index contributed by atoms with van der Waals surface area (Å²) in [5, 5.41) is 0. The Morgan fingerprint density at radius 3 is 2.00 bits per heavy atom. The SMILES string of the molecule is C=CC(=S)/C(C=C)=C/C. The van der Waals surface area contributed by atoms with E-state index < -0.39 is 0 Å². The molecule has 0 saturated heterocycles. The van der Waals surface area contributed by atoms with Gasteiger partial charge < -0.3 is 0 Å². The Morgan fingerprint density at radius 1 is 1.33 bits per heavy atom. The zero-order valence-corrected chi connectivity index (χ0v) is 6.37. The van der Waals surface area contributed by atoms with Crippen LogP contribution in [0.25, 0.3) is 0 Å². The van der Waals surface area contributed by atoms with Crippen molar-refractivity contribution in [2.24, 2.45) is 0 Å². The molecule has 48 valence electrons. The van der Waals surface area contributed by atoms with Crippen LogP contribution in [0.4, 0.5) is 0 Å². The lowest BCUT2D eigenvalue weighted by Gasteiger charge is -1.93. The van der Waals surface area contributed by atoms with Gasteiger partial charge in [-0.1, -0.05) is 43.6 Å². The van der Waals surface area contributed by atoms with Crippen LogP contribution in [0, 0.1) is 0 Å². The fourth-order valence-electron chi connectivity index (χ4n) is 0.479. The molecule has 0 aromatic heterocycles. The van der Waals surface area contributed by atoms with Crippen LogP contribution in [-0.4, -0.2) is 4.86 Å². The standard InChI is InChI=1S/C8H10S/c1-4-7(5-2)8(9)6-3/h4-6H,1,3H2,2H3/b7-5+. The second kappa shape index (κ2) is 4.21. The molecule has 0 heterocycles. The molecule has 1 heteroatoms. The molecule has 0 N–H and O–H groups in total. The predicted molar refractivity (Wildman–Crippen MR) is 46.7 cm³/mol. The Hall–Kier alpha value is -0.690. The van der Waals surface area contributed by atoms with E-state index in [1.807, 2.05) is 13.0 Å².